The Morgan fingerprint density at radius 2 is 1.57 bits per heavy atom. The van der Waals surface area contributed by atoms with Crippen LogP contribution in [0.25, 0.3) is 10.9 Å². The smallest absolute Gasteiger partial charge is 0.336 e. The number of aryl methyl sites for hydroxylation is 1. The fourth-order valence-electron chi connectivity index (χ4n) is 3.74. The molecule has 0 saturated carbocycles. The van der Waals surface area contributed by atoms with Crippen LogP contribution in [0.2, 0.25) is 5.15 Å². The van der Waals surface area contributed by atoms with Crippen LogP contribution in [0.3, 0.4) is 0 Å². The lowest BCUT2D eigenvalue weighted by atomic mass is 9.80. The Morgan fingerprint density at radius 3 is 2.10 bits per heavy atom. The first-order valence-corrected chi connectivity index (χ1v) is 10.3. The molecule has 0 atom stereocenters. The predicted octanol–water partition coefficient (Wildman–Crippen LogP) is 4.56. The molecule has 1 aliphatic rings. The number of pyridine rings is 1. The molecule has 1 aromatic heterocycles. The van der Waals surface area contributed by atoms with E-state index in [4.69, 9.17) is 21.1 Å². The van der Waals surface area contributed by atoms with Gasteiger partial charge in [0.15, 0.2) is 0 Å². The number of dihydropyridines is 1. The van der Waals surface area contributed by atoms with Crippen molar-refractivity contribution in [2.75, 3.05) is 13.2 Å². The van der Waals surface area contributed by atoms with E-state index in [9.17, 15) is 9.59 Å². The zero-order valence-corrected chi connectivity index (χ0v) is 18.5. The third kappa shape index (κ3) is 4.05. The van der Waals surface area contributed by atoms with Gasteiger partial charge in [0.2, 0.25) is 0 Å². The van der Waals surface area contributed by atoms with Gasteiger partial charge in [-0.1, -0.05) is 23.7 Å². The Kier molecular flexibility index (Phi) is 6.46. The van der Waals surface area contributed by atoms with Crippen LogP contribution in [0.1, 0.15) is 44.7 Å². The highest BCUT2D eigenvalue weighted by Crippen LogP contribution is 2.42. The molecule has 6 nitrogen and oxygen atoms in total. The van der Waals surface area contributed by atoms with Gasteiger partial charge in [0.1, 0.15) is 5.15 Å². The number of fused-ring (bicyclic) bond motifs is 1. The number of hydrogen-bond acceptors (Lipinski definition) is 6. The normalized spacial score (nSPS) is 14.7. The molecule has 3 rings (SSSR count). The van der Waals surface area contributed by atoms with Gasteiger partial charge in [-0.2, -0.15) is 0 Å². The topological polar surface area (TPSA) is 77.5 Å². The van der Waals surface area contributed by atoms with E-state index in [2.05, 4.69) is 10.3 Å². The molecule has 0 radical (unpaired) electrons. The van der Waals surface area contributed by atoms with E-state index < -0.39 is 17.9 Å². The lowest BCUT2D eigenvalue weighted by molar-refractivity contribution is -0.139. The van der Waals surface area contributed by atoms with Gasteiger partial charge in [-0.05, 0) is 52.3 Å². The van der Waals surface area contributed by atoms with Gasteiger partial charge in [0.25, 0.3) is 0 Å². The first kappa shape index (κ1) is 21.8. The largest absolute Gasteiger partial charge is 0.463 e. The molecule has 0 spiro atoms. The monoisotopic (exact) mass is 428 g/mol. The van der Waals surface area contributed by atoms with Crippen molar-refractivity contribution in [1.82, 2.24) is 10.3 Å². The van der Waals surface area contributed by atoms with Crippen molar-refractivity contribution in [3.63, 3.8) is 0 Å². The second kappa shape index (κ2) is 8.88. The molecule has 0 bridgehead atoms. The molecular formula is C23H25ClN2O4. The van der Waals surface area contributed by atoms with Gasteiger partial charge in [-0.25, -0.2) is 14.6 Å². The van der Waals surface area contributed by atoms with E-state index in [1.54, 1.807) is 27.7 Å². The molecule has 2 aromatic rings. The number of hydrogen-bond donors (Lipinski definition) is 1. The maximum Gasteiger partial charge on any atom is 0.336 e. The first-order valence-electron chi connectivity index (χ1n) is 9.88. The zero-order valence-electron chi connectivity index (χ0n) is 17.8. The number of benzene rings is 1. The molecule has 1 aliphatic heterocycles. The van der Waals surface area contributed by atoms with Crippen LogP contribution < -0.4 is 5.32 Å². The Hall–Kier alpha value is -2.86. The van der Waals surface area contributed by atoms with Crippen LogP contribution in [-0.2, 0) is 19.1 Å². The van der Waals surface area contributed by atoms with Crippen molar-refractivity contribution in [1.29, 1.82) is 0 Å². The molecule has 7 heteroatoms. The Bertz CT molecular complexity index is 1050. The second-order valence-corrected chi connectivity index (χ2v) is 7.50. The fourth-order valence-corrected chi connectivity index (χ4v) is 3.99. The standard InChI is InChI=1S/C23H25ClN2O4/c1-6-29-22(27)18-13(4)25-14(5)19(23(28)30-7-2)20(18)16-11-15-9-8-12(3)10-17(15)26-21(16)24/h8-11,20,25H,6-7H2,1-5H3. The minimum Gasteiger partial charge on any atom is -0.463 e. The first-order chi connectivity index (χ1) is 14.3. The molecule has 30 heavy (non-hydrogen) atoms. The summed E-state index contributed by atoms with van der Waals surface area (Å²) in [7, 11) is 0. The number of esters is 2. The van der Waals surface area contributed by atoms with Crippen molar-refractivity contribution >= 4 is 34.4 Å². The molecule has 0 unspecified atom stereocenters. The Balaban J connectivity index is 2.27. The number of carbonyl (C=O) groups excluding carboxylic acids is 2. The summed E-state index contributed by atoms with van der Waals surface area (Å²) < 4.78 is 10.6. The average molecular weight is 429 g/mol. The van der Waals surface area contributed by atoms with Gasteiger partial charge >= 0.3 is 11.9 Å². The number of allylic oxidation sites excluding steroid dienone is 2. The zero-order chi connectivity index (χ0) is 22.0. The van der Waals surface area contributed by atoms with Crippen LogP contribution in [0.15, 0.2) is 46.8 Å². The molecule has 0 fully saturated rings. The summed E-state index contributed by atoms with van der Waals surface area (Å²) in [6.45, 7) is 9.42. The van der Waals surface area contributed by atoms with Gasteiger partial charge in [0, 0.05) is 22.3 Å². The van der Waals surface area contributed by atoms with Gasteiger partial charge in [-0.3, -0.25) is 0 Å². The molecule has 1 N–H and O–H groups in total. The van der Waals surface area contributed by atoms with Crippen molar-refractivity contribution in [2.24, 2.45) is 0 Å². The summed E-state index contributed by atoms with van der Waals surface area (Å²) in [6.07, 6.45) is 0. The van der Waals surface area contributed by atoms with Crippen LogP contribution >= 0.6 is 11.6 Å². The average Bonchev–Trinajstić information content (AvgIpc) is 2.67. The molecule has 0 saturated heterocycles. The Morgan fingerprint density at radius 1 is 1.00 bits per heavy atom. The highest BCUT2D eigenvalue weighted by molar-refractivity contribution is 6.31. The SMILES string of the molecule is CCOC(=O)C1=C(C)NC(C)=C(C(=O)OCC)C1c1cc2ccc(C)cc2nc1Cl. The van der Waals surface area contributed by atoms with Crippen molar-refractivity contribution in [2.45, 2.75) is 40.5 Å². The van der Waals surface area contributed by atoms with Crippen molar-refractivity contribution in [3.05, 3.63) is 63.1 Å². The number of rotatable bonds is 5. The van der Waals surface area contributed by atoms with Crippen molar-refractivity contribution < 1.29 is 19.1 Å². The number of nitrogens with zero attached hydrogens (tertiary/aromatic N) is 1. The maximum atomic E-state index is 12.9. The molecule has 0 aliphatic carbocycles. The number of ether oxygens (including phenoxy) is 2. The summed E-state index contributed by atoms with van der Waals surface area (Å²) in [5.41, 5.74) is 4.20. The number of aromatic nitrogens is 1. The van der Waals surface area contributed by atoms with E-state index in [-0.39, 0.29) is 18.4 Å². The van der Waals surface area contributed by atoms with E-state index in [0.717, 1.165) is 16.5 Å². The minimum absolute atomic E-state index is 0.211. The third-order valence-electron chi connectivity index (χ3n) is 5.02. The van der Waals surface area contributed by atoms with E-state index in [0.29, 0.717) is 28.1 Å². The third-order valence-corrected chi connectivity index (χ3v) is 5.32. The fraction of sp³-hybridized carbons (Fsp3) is 0.348. The highest BCUT2D eigenvalue weighted by Gasteiger charge is 2.39. The lowest BCUT2D eigenvalue weighted by Crippen LogP contribution is -2.32. The van der Waals surface area contributed by atoms with Crippen LogP contribution in [0, 0.1) is 6.92 Å². The minimum atomic E-state index is -0.755. The van der Waals surface area contributed by atoms with Gasteiger partial charge in [-0.15, -0.1) is 0 Å². The van der Waals surface area contributed by atoms with E-state index >= 15 is 0 Å². The quantitative estimate of drug-likeness (QED) is 0.555. The summed E-state index contributed by atoms with van der Waals surface area (Å²) in [6, 6.07) is 7.73. The Labute approximate surface area is 180 Å². The molecular weight excluding hydrogens is 404 g/mol. The summed E-state index contributed by atoms with van der Waals surface area (Å²) >= 11 is 6.60. The van der Waals surface area contributed by atoms with E-state index in [1.165, 1.54) is 0 Å². The van der Waals surface area contributed by atoms with E-state index in [1.807, 2.05) is 31.2 Å². The number of carbonyl (C=O) groups is 2. The van der Waals surface area contributed by atoms with Crippen LogP contribution in [0.5, 0.6) is 0 Å². The van der Waals surface area contributed by atoms with Gasteiger partial charge < -0.3 is 14.8 Å². The van der Waals surface area contributed by atoms with Crippen LogP contribution in [0.4, 0.5) is 0 Å². The summed E-state index contributed by atoms with van der Waals surface area (Å²) in [5.74, 6) is -1.78. The predicted molar refractivity (Wildman–Crippen MR) is 116 cm³/mol. The molecule has 1 aromatic carbocycles. The highest BCUT2D eigenvalue weighted by atomic mass is 35.5. The molecule has 0 amide bonds. The van der Waals surface area contributed by atoms with Crippen molar-refractivity contribution in [3.8, 4) is 0 Å². The maximum absolute atomic E-state index is 12.9. The second-order valence-electron chi connectivity index (χ2n) is 7.14. The number of nitrogens with one attached hydrogen (secondary N) is 1. The number of halogens is 1. The van der Waals surface area contributed by atoms with Crippen LogP contribution in [-0.4, -0.2) is 30.1 Å². The molecule has 2 heterocycles. The lowest BCUT2D eigenvalue weighted by Gasteiger charge is -2.30. The molecule has 158 valence electrons. The van der Waals surface area contributed by atoms with Gasteiger partial charge in [0.05, 0.1) is 35.8 Å². The summed E-state index contributed by atoms with van der Waals surface area (Å²) in [4.78, 5) is 30.3. The summed E-state index contributed by atoms with van der Waals surface area (Å²) in [5, 5.41) is 4.20.